The summed E-state index contributed by atoms with van der Waals surface area (Å²) in [5.41, 5.74) is 0.760. The van der Waals surface area contributed by atoms with E-state index >= 15 is 0 Å². The smallest absolute Gasteiger partial charge is 0.234 e. The van der Waals surface area contributed by atoms with Crippen LogP contribution in [0.5, 0.6) is 0 Å². The van der Waals surface area contributed by atoms with E-state index in [1.165, 1.54) is 30.0 Å². The number of carbonyl (C=O) groups excluding carboxylic acids is 1. The molecule has 0 radical (unpaired) electrons. The summed E-state index contributed by atoms with van der Waals surface area (Å²) in [4.78, 5) is 11.9. The number of amides is 1. The van der Waals surface area contributed by atoms with E-state index in [1.54, 1.807) is 4.40 Å². The van der Waals surface area contributed by atoms with Crippen LogP contribution >= 0.6 is 23.4 Å². The third-order valence-electron chi connectivity index (χ3n) is 2.82. The van der Waals surface area contributed by atoms with Crippen molar-refractivity contribution >= 4 is 40.6 Å². The van der Waals surface area contributed by atoms with E-state index < -0.39 is 5.82 Å². The van der Waals surface area contributed by atoms with Crippen LogP contribution in [0.1, 0.15) is 0 Å². The molecule has 3 rings (SSSR count). The van der Waals surface area contributed by atoms with Crippen LogP contribution in [0.15, 0.2) is 47.8 Å². The largest absolute Gasteiger partial charge is 0.323 e. The summed E-state index contributed by atoms with van der Waals surface area (Å²) in [6.07, 6.45) is 1.81. The van der Waals surface area contributed by atoms with E-state index in [0.717, 1.165) is 0 Å². The molecular weight excluding hydrogens is 327 g/mol. The van der Waals surface area contributed by atoms with E-state index in [4.69, 9.17) is 11.6 Å². The molecule has 0 spiro atoms. The second-order valence-corrected chi connectivity index (χ2v) is 5.75. The molecule has 2 heterocycles. The van der Waals surface area contributed by atoms with Crippen LogP contribution in [0.25, 0.3) is 5.65 Å². The molecule has 5 nitrogen and oxygen atoms in total. The SMILES string of the molecule is O=C(CSc1nnc2ccccn12)Nc1cc(Cl)ccc1F. The Hall–Kier alpha value is -2.12. The van der Waals surface area contributed by atoms with Crippen LogP contribution in [0.2, 0.25) is 5.02 Å². The van der Waals surface area contributed by atoms with Crippen molar-refractivity contribution in [3.05, 3.63) is 53.4 Å². The summed E-state index contributed by atoms with van der Waals surface area (Å²) in [5.74, 6) is -0.795. The third-order valence-corrected chi connectivity index (χ3v) is 4.00. The molecule has 2 aromatic heterocycles. The van der Waals surface area contributed by atoms with E-state index in [0.29, 0.717) is 15.8 Å². The first-order valence-electron chi connectivity index (χ1n) is 6.31. The molecule has 1 N–H and O–H groups in total. The van der Waals surface area contributed by atoms with Crippen molar-refractivity contribution in [3.63, 3.8) is 0 Å². The van der Waals surface area contributed by atoms with Gasteiger partial charge in [-0.2, -0.15) is 0 Å². The lowest BCUT2D eigenvalue weighted by molar-refractivity contribution is -0.113. The molecular formula is C14H10ClFN4OS. The minimum atomic E-state index is -0.532. The molecule has 0 unspecified atom stereocenters. The van der Waals surface area contributed by atoms with Gasteiger partial charge in [0.1, 0.15) is 5.82 Å². The molecule has 0 aliphatic rings. The highest BCUT2D eigenvalue weighted by Gasteiger charge is 2.11. The van der Waals surface area contributed by atoms with Crippen LogP contribution in [0.3, 0.4) is 0 Å². The molecule has 0 saturated carbocycles. The van der Waals surface area contributed by atoms with E-state index in [9.17, 15) is 9.18 Å². The van der Waals surface area contributed by atoms with Gasteiger partial charge >= 0.3 is 0 Å². The first-order chi connectivity index (χ1) is 10.6. The maximum absolute atomic E-state index is 13.5. The molecule has 0 saturated heterocycles. The fraction of sp³-hybridized carbons (Fsp3) is 0.0714. The van der Waals surface area contributed by atoms with Gasteiger partial charge in [-0.25, -0.2) is 4.39 Å². The molecule has 1 aromatic carbocycles. The Morgan fingerprint density at radius 3 is 3.05 bits per heavy atom. The predicted molar refractivity (Wildman–Crippen MR) is 83.8 cm³/mol. The van der Waals surface area contributed by atoms with Gasteiger partial charge in [-0.1, -0.05) is 29.4 Å². The van der Waals surface area contributed by atoms with E-state index in [-0.39, 0.29) is 17.3 Å². The van der Waals surface area contributed by atoms with Gasteiger partial charge in [0.2, 0.25) is 5.91 Å². The normalized spacial score (nSPS) is 10.8. The van der Waals surface area contributed by atoms with Crippen LogP contribution in [-0.4, -0.2) is 26.3 Å². The molecule has 0 aliphatic heterocycles. The Kier molecular flexibility index (Phi) is 4.26. The number of carbonyl (C=O) groups is 1. The number of rotatable bonds is 4. The van der Waals surface area contributed by atoms with Gasteiger partial charge < -0.3 is 5.32 Å². The molecule has 0 fully saturated rings. The Balaban J connectivity index is 1.66. The summed E-state index contributed by atoms with van der Waals surface area (Å²) < 4.78 is 15.3. The Labute approximate surface area is 134 Å². The lowest BCUT2D eigenvalue weighted by atomic mass is 10.3. The molecule has 22 heavy (non-hydrogen) atoms. The zero-order valence-corrected chi connectivity index (χ0v) is 12.7. The molecule has 0 atom stereocenters. The number of pyridine rings is 1. The van der Waals surface area contributed by atoms with Gasteiger partial charge in [0.15, 0.2) is 10.8 Å². The van der Waals surface area contributed by atoms with Crippen molar-refractivity contribution in [3.8, 4) is 0 Å². The van der Waals surface area contributed by atoms with Crippen LogP contribution < -0.4 is 5.32 Å². The summed E-state index contributed by atoms with van der Waals surface area (Å²) in [6, 6.07) is 9.51. The van der Waals surface area contributed by atoms with Crippen molar-refractivity contribution in [1.29, 1.82) is 0 Å². The first kappa shape index (κ1) is 14.8. The second-order valence-electron chi connectivity index (χ2n) is 4.37. The first-order valence-corrected chi connectivity index (χ1v) is 7.67. The number of hydrogen-bond donors (Lipinski definition) is 1. The average molecular weight is 337 g/mol. The number of thioether (sulfide) groups is 1. The van der Waals surface area contributed by atoms with Crippen molar-refractivity contribution in [1.82, 2.24) is 14.6 Å². The van der Waals surface area contributed by atoms with Crippen molar-refractivity contribution < 1.29 is 9.18 Å². The van der Waals surface area contributed by atoms with Gasteiger partial charge in [0, 0.05) is 11.2 Å². The Morgan fingerprint density at radius 2 is 2.18 bits per heavy atom. The van der Waals surface area contributed by atoms with Gasteiger partial charge in [0.25, 0.3) is 0 Å². The van der Waals surface area contributed by atoms with Gasteiger partial charge in [-0.3, -0.25) is 9.20 Å². The minimum Gasteiger partial charge on any atom is -0.323 e. The summed E-state index contributed by atoms with van der Waals surface area (Å²) >= 11 is 7.00. The highest BCUT2D eigenvalue weighted by molar-refractivity contribution is 7.99. The van der Waals surface area contributed by atoms with Gasteiger partial charge in [-0.05, 0) is 30.3 Å². The lowest BCUT2D eigenvalue weighted by Crippen LogP contribution is -2.15. The topological polar surface area (TPSA) is 59.3 Å². The standard InChI is InChI=1S/C14H10ClFN4OS/c15-9-4-5-10(16)11(7-9)17-13(21)8-22-14-19-18-12-3-1-2-6-20(12)14/h1-7H,8H2,(H,17,21). The number of anilines is 1. The summed E-state index contributed by atoms with van der Waals surface area (Å²) in [6.45, 7) is 0. The molecule has 0 bridgehead atoms. The van der Waals surface area contributed by atoms with Crippen molar-refractivity contribution in [2.75, 3.05) is 11.1 Å². The average Bonchev–Trinajstić information content (AvgIpc) is 2.92. The third kappa shape index (κ3) is 3.20. The number of fused-ring (bicyclic) bond motifs is 1. The number of aromatic nitrogens is 3. The molecule has 8 heteroatoms. The maximum atomic E-state index is 13.5. The monoisotopic (exact) mass is 336 g/mol. The molecule has 1 amide bonds. The van der Waals surface area contributed by atoms with Crippen LogP contribution in [-0.2, 0) is 4.79 Å². The van der Waals surface area contributed by atoms with Crippen molar-refractivity contribution in [2.45, 2.75) is 5.16 Å². The quantitative estimate of drug-likeness (QED) is 0.743. The molecule has 112 valence electrons. The van der Waals surface area contributed by atoms with Gasteiger partial charge in [-0.15, -0.1) is 10.2 Å². The van der Waals surface area contributed by atoms with Crippen molar-refractivity contribution in [2.24, 2.45) is 0 Å². The lowest BCUT2D eigenvalue weighted by Gasteiger charge is -2.06. The highest BCUT2D eigenvalue weighted by Crippen LogP contribution is 2.21. The fourth-order valence-electron chi connectivity index (χ4n) is 1.83. The number of hydrogen-bond acceptors (Lipinski definition) is 4. The van der Waals surface area contributed by atoms with Crippen LogP contribution in [0, 0.1) is 5.82 Å². The number of nitrogens with one attached hydrogen (secondary N) is 1. The number of nitrogens with zero attached hydrogens (tertiary/aromatic N) is 3. The molecule has 3 aromatic rings. The van der Waals surface area contributed by atoms with Gasteiger partial charge in [0.05, 0.1) is 11.4 Å². The zero-order valence-electron chi connectivity index (χ0n) is 11.2. The second kappa shape index (κ2) is 6.33. The number of halogens is 2. The summed E-state index contributed by atoms with van der Waals surface area (Å²) in [7, 11) is 0. The molecule has 0 aliphatic carbocycles. The zero-order chi connectivity index (χ0) is 15.5. The van der Waals surface area contributed by atoms with E-state index in [2.05, 4.69) is 15.5 Å². The minimum absolute atomic E-state index is 0.0594. The fourth-order valence-corrected chi connectivity index (χ4v) is 2.72. The van der Waals surface area contributed by atoms with E-state index in [1.807, 2.05) is 24.4 Å². The van der Waals surface area contributed by atoms with Crippen LogP contribution in [0.4, 0.5) is 10.1 Å². The highest BCUT2D eigenvalue weighted by atomic mass is 35.5. The maximum Gasteiger partial charge on any atom is 0.234 e. The Bertz CT molecular complexity index is 839. The predicted octanol–water partition coefficient (Wildman–Crippen LogP) is 3.25. The number of benzene rings is 1. The Morgan fingerprint density at radius 1 is 1.32 bits per heavy atom. The summed E-state index contributed by atoms with van der Waals surface area (Å²) in [5, 5.41) is 11.4.